The van der Waals surface area contributed by atoms with Crippen molar-refractivity contribution < 1.29 is 13.2 Å². The van der Waals surface area contributed by atoms with Gasteiger partial charge in [0.05, 0.1) is 9.79 Å². The maximum Gasteiger partial charge on any atom is 0.446 e. The summed E-state index contributed by atoms with van der Waals surface area (Å²) in [5.74, 6) is 0. The van der Waals surface area contributed by atoms with Crippen LogP contribution in [0, 0.1) is 0 Å². The summed E-state index contributed by atoms with van der Waals surface area (Å²) in [5.41, 5.74) is -4.37. The Balaban J connectivity index is 3.23. The van der Waals surface area contributed by atoms with Gasteiger partial charge in [-0.3, -0.25) is 0 Å². The van der Waals surface area contributed by atoms with E-state index in [9.17, 15) is 13.2 Å². The van der Waals surface area contributed by atoms with Crippen LogP contribution in [0.2, 0.25) is 0 Å². The molecule has 1 aromatic carbocycles. The van der Waals surface area contributed by atoms with Crippen molar-refractivity contribution >= 4 is 76.7 Å². The molecule has 0 aliphatic carbocycles. The number of hydrogen-bond acceptors (Lipinski definition) is 4. The molecule has 17 heavy (non-hydrogen) atoms. The molecule has 0 radical (unpaired) electrons. The van der Waals surface area contributed by atoms with E-state index >= 15 is 0 Å². The summed E-state index contributed by atoms with van der Waals surface area (Å²) >= 11 is -0.229. The van der Waals surface area contributed by atoms with Crippen LogP contribution < -0.4 is 0 Å². The first kappa shape index (κ1) is 16.3. The lowest BCUT2D eigenvalue weighted by Gasteiger charge is -2.13. The van der Waals surface area contributed by atoms with Crippen LogP contribution >= 0.6 is 76.7 Å². The zero-order chi connectivity index (χ0) is 13.1. The van der Waals surface area contributed by atoms with Crippen LogP contribution in [0.3, 0.4) is 0 Å². The average molecular weight is 378 g/mol. The second kappa shape index (κ2) is 7.17. The van der Waals surface area contributed by atoms with Gasteiger partial charge in [-0.15, -0.1) is 0 Å². The molecule has 0 bridgehead atoms. The van der Waals surface area contributed by atoms with Crippen LogP contribution in [0.25, 0.3) is 0 Å². The van der Waals surface area contributed by atoms with Gasteiger partial charge in [0.1, 0.15) is 0 Å². The minimum atomic E-state index is -4.37. The number of hydrogen-bond donors (Lipinski definition) is 0. The predicted octanol–water partition coefficient (Wildman–Crippen LogP) is 7.04. The molecular formula is C7H2Cl3F3S4. The SMILES string of the molecule is FC(F)(F)Sc1ccc(SCl)c(SCl)c1SCl. The first-order valence-corrected chi connectivity index (χ1v) is 9.46. The molecule has 0 heterocycles. The quantitative estimate of drug-likeness (QED) is 0.516. The highest BCUT2D eigenvalue weighted by atomic mass is 35.7. The van der Waals surface area contributed by atoms with Crippen LogP contribution in [0.4, 0.5) is 13.2 Å². The third-order valence-electron chi connectivity index (χ3n) is 1.50. The summed E-state index contributed by atoms with van der Waals surface area (Å²) in [6, 6.07) is 2.80. The summed E-state index contributed by atoms with van der Waals surface area (Å²) < 4.78 is 36.9. The second-order valence-corrected chi connectivity index (χ2v) is 6.71. The van der Waals surface area contributed by atoms with Crippen LogP contribution in [0.1, 0.15) is 0 Å². The van der Waals surface area contributed by atoms with Gasteiger partial charge in [0, 0.05) is 9.79 Å². The van der Waals surface area contributed by atoms with Gasteiger partial charge >= 0.3 is 5.51 Å². The number of benzene rings is 1. The van der Waals surface area contributed by atoms with Crippen molar-refractivity contribution in [3.05, 3.63) is 12.1 Å². The average Bonchev–Trinajstić information content (AvgIpc) is 2.26. The molecule has 1 aromatic rings. The van der Waals surface area contributed by atoms with Crippen LogP contribution in [0.15, 0.2) is 31.7 Å². The van der Waals surface area contributed by atoms with E-state index in [0.717, 1.165) is 22.0 Å². The second-order valence-electron chi connectivity index (χ2n) is 2.50. The van der Waals surface area contributed by atoms with Gasteiger partial charge in [-0.2, -0.15) is 13.2 Å². The van der Waals surface area contributed by atoms with E-state index < -0.39 is 5.51 Å². The monoisotopic (exact) mass is 376 g/mol. The summed E-state index contributed by atoms with van der Waals surface area (Å²) in [7, 11) is 19.2. The Hall–Kier alpha value is 1.28. The molecule has 0 amide bonds. The fourth-order valence-corrected chi connectivity index (χ4v) is 5.37. The van der Waals surface area contributed by atoms with Crippen LogP contribution in [-0.4, -0.2) is 5.51 Å². The smallest absolute Gasteiger partial charge is 0.160 e. The molecule has 0 saturated carbocycles. The molecule has 0 N–H and O–H groups in total. The fourth-order valence-electron chi connectivity index (χ4n) is 0.938. The molecule has 0 spiro atoms. The first-order valence-electron chi connectivity index (χ1n) is 3.71. The standard InChI is InChI=1S/C7H2Cl3F3S4/c8-15-4-2-1-3(14-7(11,12)13)5(16-9)6(4)17-10/h1-2H. The highest BCUT2D eigenvalue weighted by Crippen LogP contribution is 2.49. The van der Waals surface area contributed by atoms with Gasteiger partial charge < -0.3 is 0 Å². The highest BCUT2D eigenvalue weighted by Gasteiger charge is 2.31. The van der Waals surface area contributed by atoms with Gasteiger partial charge in [-0.1, -0.05) is 0 Å². The van der Waals surface area contributed by atoms with Crippen molar-refractivity contribution in [1.82, 2.24) is 0 Å². The maximum atomic E-state index is 12.3. The third-order valence-corrected chi connectivity index (χ3v) is 5.77. The lowest BCUT2D eigenvalue weighted by Crippen LogP contribution is -2.00. The number of thioether (sulfide) groups is 1. The van der Waals surface area contributed by atoms with E-state index in [1.807, 2.05) is 0 Å². The molecule has 0 atom stereocenters. The minimum absolute atomic E-state index is 0.00937. The molecule has 10 heteroatoms. The highest BCUT2D eigenvalue weighted by molar-refractivity contribution is 8.25. The van der Waals surface area contributed by atoms with Crippen molar-refractivity contribution in [3.63, 3.8) is 0 Å². The molecule has 0 unspecified atom stereocenters. The Bertz CT molecular complexity index is 399. The molecule has 1 rings (SSSR count). The fraction of sp³-hybridized carbons (Fsp3) is 0.143. The Kier molecular flexibility index (Phi) is 6.89. The van der Waals surface area contributed by atoms with Crippen molar-refractivity contribution in [1.29, 1.82) is 0 Å². The van der Waals surface area contributed by atoms with E-state index in [1.54, 1.807) is 0 Å². The van der Waals surface area contributed by atoms with Crippen molar-refractivity contribution in [2.24, 2.45) is 0 Å². The summed E-state index contributed by atoms with van der Waals surface area (Å²) in [5, 5.41) is 0. The molecule has 0 fully saturated rings. The summed E-state index contributed by atoms with van der Waals surface area (Å²) in [4.78, 5) is 1.28. The molecule has 96 valence electrons. The molecule has 0 saturated heterocycles. The van der Waals surface area contributed by atoms with E-state index in [0.29, 0.717) is 20.8 Å². The van der Waals surface area contributed by atoms with Gasteiger partial charge in [-0.25, -0.2) is 0 Å². The van der Waals surface area contributed by atoms with E-state index in [4.69, 9.17) is 32.0 Å². The predicted molar refractivity (Wildman–Crippen MR) is 73.5 cm³/mol. The van der Waals surface area contributed by atoms with E-state index in [2.05, 4.69) is 0 Å². The van der Waals surface area contributed by atoms with Crippen molar-refractivity contribution in [2.75, 3.05) is 0 Å². The van der Waals surface area contributed by atoms with Crippen LogP contribution in [0.5, 0.6) is 0 Å². The van der Waals surface area contributed by atoms with Gasteiger partial charge in [0.2, 0.25) is 0 Å². The largest absolute Gasteiger partial charge is 0.446 e. The summed E-state index contributed by atoms with van der Waals surface area (Å²) in [6.07, 6.45) is 0. The number of rotatable bonds is 4. The topological polar surface area (TPSA) is 0 Å². The third kappa shape index (κ3) is 4.71. The lowest BCUT2D eigenvalue weighted by molar-refractivity contribution is -0.0329. The minimum Gasteiger partial charge on any atom is -0.160 e. The van der Waals surface area contributed by atoms with E-state index in [-0.39, 0.29) is 21.6 Å². The Labute approximate surface area is 126 Å². The Morgan fingerprint density at radius 3 is 1.71 bits per heavy atom. The first-order chi connectivity index (χ1) is 7.92. The zero-order valence-electron chi connectivity index (χ0n) is 7.56. The molecular weight excluding hydrogens is 376 g/mol. The zero-order valence-corrected chi connectivity index (χ0v) is 13.1. The van der Waals surface area contributed by atoms with Crippen molar-refractivity contribution in [2.45, 2.75) is 25.1 Å². The lowest BCUT2D eigenvalue weighted by atomic mass is 10.3. The Morgan fingerprint density at radius 2 is 1.29 bits per heavy atom. The molecule has 0 aromatic heterocycles. The van der Waals surface area contributed by atoms with Gasteiger partial charge in [0.15, 0.2) is 0 Å². The number of alkyl halides is 3. The number of halogens is 6. The normalized spacial score (nSPS) is 11.9. The van der Waals surface area contributed by atoms with E-state index in [1.165, 1.54) is 12.1 Å². The summed E-state index contributed by atoms with van der Waals surface area (Å²) in [6.45, 7) is 0. The van der Waals surface area contributed by atoms with Crippen molar-refractivity contribution in [3.8, 4) is 0 Å². The maximum absolute atomic E-state index is 12.3. The van der Waals surface area contributed by atoms with Gasteiger partial charge in [0.25, 0.3) is 0 Å². The van der Waals surface area contributed by atoms with Crippen LogP contribution in [-0.2, 0) is 0 Å². The molecule has 0 aliphatic rings. The Morgan fingerprint density at radius 1 is 0.824 bits per heavy atom. The molecule has 0 aliphatic heterocycles. The van der Waals surface area contributed by atoms with Gasteiger partial charge in [-0.05, 0) is 88.9 Å². The molecule has 0 nitrogen and oxygen atoms in total.